The third kappa shape index (κ3) is 2.31. The summed E-state index contributed by atoms with van der Waals surface area (Å²) >= 11 is 0. The van der Waals surface area contributed by atoms with Crippen LogP contribution < -0.4 is 9.47 Å². The molecule has 1 aromatic heterocycles. The Morgan fingerprint density at radius 3 is 2.68 bits per heavy atom. The second-order valence-corrected chi connectivity index (χ2v) is 4.70. The molecular formula is C15H17NO3. The SMILES string of the molecule is Cc1[nH]c(-c2ccc3c(c2)OCCCO3)cc1CO. The van der Waals surface area contributed by atoms with Crippen molar-refractivity contribution >= 4 is 0 Å². The molecule has 0 unspecified atom stereocenters. The zero-order chi connectivity index (χ0) is 13.2. The summed E-state index contributed by atoms with van der Waals surface area (Å²) in [5.74, 6) is 1.58. The number of hydrogen-bond donors (Lipinski definition) is 2. The number of aromatic nitrogens is 1. The Hall–Kier alpha value is -1.94. The van der Waals surface area contributed by atoms with E-state index in [4.69, 9.17) is 9.47 Å². The molecule has 4 nitrogen and oxygen atoms in total. The number of nitrogens with one attached hydrogen (secondary N) is 1. The normalized spacial score (nSPS) is 14.2. The monoisotopic (exact) mass is 259 g/mol. The largest absolute Gasteiger partial charge is 0.490 e. The molecule has 0 fully saturated rings. The Bertz CT molecular complexity index is 589. The molecule has 2 N–H and O–H groups in total. The van der Waals surface area contributed by atoms with Crippen LogP contribution in [0.1, 0.15) is 17.7 Å². The molecule has 1 aliphatic heterocycles. The van der Waals surface area contributed by atoms with Gasteiger partial charge in [-0.15, -0.1) is 0 Å². The maximum atomic E-state index is 9.24. The van der Waals surface area contributed by atoms with Crippen LogP contribution in [0.4, 0.5) is 0 Å². The molecule has 19 heavy (non-hydrogen) atoms. The highest BCUT2D eigenvalue weighted by Crippen LogP contribution is 2.34. The molecule has 0 bridgehead atoms. The maximum absolute atomic E-state index is 9.24. The van der Waals surface area contributed by atoms with Crippen molar-refractivity contribution in [3.05, 3.63) is 35.5 Å². The van der Waals surface area contributed by atoms with Gasteiger partial charge in [0.15, 0.2) is 11.5 Å². The van der Waals surface area contributed by atoms with Gasteiger partial charge >= 0.3 is 0 Å². The van der Waals surface area contributed by atoms with Crippen molar-refractivity contribution in [3.8, 4) is 22.8 Å². The van der Waals surface area contributed by atoms with E-state index < -0.39 is 0 Å². The third-order valence-electron chi connectivity index (χ3n) is 3.35. The molecule has 1 aliphatic rings. The van der Waals surface area contributed by atoms with Crippen molar-refractivity contribution in [2.45, 2.75) is 20.0 Å². The van der Waals surface area contributed by atoms with Gasteiger partial charge in [-0.2, -0.15) is 0 Å². The quantitative estimate of drug-likeness (QED) is 0.871. The van der Waals surface area contributed by atoms with E-state index in [0.29, 0.717) is 13.2 Å². The molecule has 0 saturated heterocycles. The van der Waals surface area contributed by atoms with Gasteiger partial charge < -0.3 is 19.6 Å². The molecule has 0 radical (unpaired) electrons. The van der Waals surface area contributed by atoms with Crippen molar-refractivity contribution in [1.29, 1.82) is 0 Å². The van der Waals surface area contributed by atoms with E-state index in [2.05, 4.69) is 4.98 Å². The number of aliphatic hydroxyl groups excluding tert-OH is 1. The molecule has 0 amide bonds. The molecular weight excluding hydrogens is 242 g/mol. The number of benzene rings is 1. The van der Waals surface area contributed by atoms with Crippen LogP contribution in [0.5, 0.6) is 11.5 Å². The van der Waals surface area contributed by atoms with E-state index in [1.165, 1.54) is 0 Å². The Kier molecular flexibility index (Phi) is 3.17. The number of fused-ring (bicyclic) bond motifs is 1. The summed E-state index contributed by atoms with van der Waals surface area (Å²) in [4.78, 5) is 3.28. The van der Waals surface area contributed by atoms with Crippen molar-refractivity contribution < 1.29 is 14.6 Å². The third-order valence-corrected chi connectivity index (χ3v) is 3.35. The van der Waals surface area contributed by atoms with Crippen molar-refractivity contribution in [2.75, 3.05) is 13.2 Å². The molecule has 2 heterocycles. The van der Waals surface area contributed by atoms with Crippen molar-refractivity contribution in [3.63, 3.8) is 0 Å². The van der Waals surface area contributed by atoms with Gasteiger partial charge in [-0.3, -0.25) is 0 Å². The van der Waals surface area contributed by atoms with Gasteiger partial charge in [0.2, 0.25) is 0 Å². The van der Waals surface area contributed by atoms with Gasteiger partial charge in [-0.05, 0) is 36.8 Å². The van der Waals surface area contributed by atoms with Crippen LogP contribution in [-0.2, 0) is 6.61 Å². The van der Waals surface area contributed by atoms with Crippen LogP contribution in [0.3, 0.4) is 0 Å². The van der Waals surface area contributed by atoms with Gasteiger partial charge in [0.05, 0.1) is 19.8 Å². The second kappa shape index (κ2) is 4.97. The summed E-state index contributed by atoms with van der Waals surface area (Å²) in [5, 5.41) is 9.24. The number of aromatic amines is 1. The van der Waals surface area contributed by atoms with E-state index in [-0.39, 0.29) is 6.61 Å². The van der Waals surface area contributed by atoms with Gasteiger partial charge in [0.25, 0.3) is 0 Å². The minimum Gasteiger partial charge on any atom is -0.490 e. The summed E-state index contributed by atoms with van der Waals surface area (Å²) in [6, 6.07) is 7.88. The lowest BCUT2D eigenvalue weighted by molar-refractivity contribution is 0.281. The van der Waals surface area contributed by atoms with Crippen LogP contribution >= 0.6 is 0 Å². The van der Waals surface area contributed by atoms with Crippen molar-refractivity contribution in [2.24, 2.45) is 0 Å². The minimum absolute atomic E-state index is 0.0485. The number of rotatable bonds is 2. The molecule has 4 heteroatoms. The van der Waals surface area contributed by atoms with Gasteiger partial charge in [-0.25, -0.2) is 0 Å². The minimum atomic E-state index is 0.0485. The predicted molar refractivity (Wildman–Crippen MR) is 72.5 cm³/mol. The number of ether oxygens (including phenoxy) is 2. The summed E-state index contributed by atoms with van der Waals surface area (Å²) < 4.78 is 11.3. The lowest BCUT2D eigenvalue weighted by atomic mass is 10.1. The van der Waals surface area contributed by atoms with Crippen LogP contribution in [0, 0.1) is 6.92 Å². The highest BCUT2D eigenvalue weighted by molar-refractivity contribution is 5.65. The fourth-order valence-electron chi connectivity index (χ4n) is 2.25. The van der Waals surface area contributed by atoms with Crippen LogP contribution in [0.2, 0.25) is 0 Å². The fourth-order valence-corrected chi connectivity index (χ4v) is 2.25. The topological polar surface area (TPSA) is 54.5 Å². The number of H-pyrrole nitrogens is 1. The van der Waals surface area contributed by atoms with E-state index >= 15 is 0 Å². The van der Waals surface area contributed by atoms with Crippen LogP contribution in [-0.4, -0.2) is 23.3 Å². The molecule has 100 valence electrons. The summed E-state index contributed by atoms with van der Waals surface area (Å²) in [6.45, 7) is 3.38. The zero-order valence-electron chi connectivity index (χ0n) is 10.9. The van der Waals surface area contributed by atoms with Gasteiger partial charge in [0, 0.05) is 23.4 Å². The van der Waals surface area contributed by atoms with Crippen LogP contribution in [0.15, 0.2) is 24.3 Å². The number of aryl methyl sites for hydroxylation is 1. The average molecular weight is 259 g/mol. The van der Waals surface area contributed by atoms with E-state index in [1.54, 1.807) is 0 Å². The van der Waals surface area contributed by atoms with E-state index in [9.17, 15) is 5.11 Å². The lowest BCUT2D eigenvalue weighted by Gasteiger charge is -2.08. The molecule has 0 saturated carbocycles. The van der Waals surface area contributed by atoms with Gasteiger partial charge in [0.1, 0.15) is 0 Å². The number of hydrogen-bond acceptors (Lipinski definition) is 3. The first kappa shape index (κ1) is 12.1. The summed E-state index contributed by atoms with van der Waals surface area (Å²) in [6.07, 6.45) is 0.903. The Balaban J connectivity index is 1.98. The molecule has 3 rings (SSSR count). The molecule has 2 aromatic rings. The Morgan fingerprint density at radius 2 is 1.95 bits per heavy atom. The summed E-state index contributed by atoms with van der Waals surface area (Å²) in [5.41, 5.74) is 3.93. The van der Waals surface area contributed by atoms with Crippen LogP contribution in [0.25, 0.3) is 11.3 Å². The highest BCUT2D eigenvalue weighted by Gasteiger charge is 2.13. The summed E-state index contributed by atoms with van der Waals surface area (Å²) in [7, 11) is 0. The Labute approximate surface area is 112 Å². The molecule has 1 aromatic carbocycles. The lowest BCUT2D eigenvalue weighted by Crippen LogP contribution is -1.97. The zero-order valence-corrected chi connectivity index (χ0v) is 10.9. The molecule has 0 aliphatic carbocycles. The molecule has 0 spiro atoms. The predicted octanol–water partition coefficient (Wildman–Crippen LogP) is 2.64. The standard InChI is InChI=1S/C15H17NO3/c1-10-12(9-17)7-13(16-10)11-3-4-14-15(8-11)19-6-2-5-18-14/h3-4,7-8,16-17H,2,5-6,9H2,1H3. The van der Waals surface area contributed by atoms with E-state index in [1.807, 2.05) is 31.2 Å². The smallest absolute Gasteiger partial charge is 0.161 e. The van der Waals surface area contributed by atoms with Gasteiger partial charge in [-0.1, -0.05) is 0 Å². The highest BCUT2D eigenvalue weighted by atomic mass is 16.5. The average Bonchev–Trinajstić information content (AvgIpc) is 2.66. The number of aliphatic hydroxyl groups is 1. The maximum Gasteiger partial charge on any atom is 0.161 e. The van der Waals surface area contributed by atoms with Crippen molar-refractivity contribution in [1.82, 2.24) is 4.98 Å². The Morgan fingerprint density at radius 1 is 1.16 bits per heavy atom. The second-order valence-electron chi connectivity index (χ2n) is 4.70. The van der Waals surface area contributed by atoms with E-state index in [0.717, 1.165) is 40.4 Å². The molecule has 0 atom stereocenters. The fraction of sp³-hybridized carbons (Fsp3) is 0.333. The first-order valence-electron chi connectivity index (χ1n) is 6.47. The first-order valence-corrected chi connectivity index (χ1v) is 6.47. The first-order chi connectivity index (χ1) is 9.28.